The maximum atomic E-state index is 13.1. The highest BCUT2D eigenvalue weighted by Gasteiger charge is 2.29. The number of nitrogens with zero attached hydrogens (tertiary/aromatic N) is 1. The first-order chi connectivity index (χ1) is 12.9. The van der Waals surface area contributed by atoms with Gasteiger partial charge >= 0.3 is 0 Å². The standard InChI is InChI=1S/C20H21Cl3N2O2/c1-3-18(20(27)24-2)25(12-14-16(22)9-6-10-17(14)23)19(26)11-13-7-4-5-8-15(13)21/h4-10,18H,3,11-12H2,1-2H3,(H,24,27)/t18-/m0/s1. The number of hydrogen-bond donors (Lipinski definition) is 1. The molecular formula is C20H21Cl3N2O2. The Balaban J connectivity index is 2.38. The number of carbonyl (C=O) groups is 2. The normalized spacial score (nSPS) is 11.7. The molecule has 27 heavy (non-hydrogen) atoms. The average molecular weight is 428 g/mol. The van der Waals surface area contributed by atoms with Crippen LogP contribution in [-0.2, 0) is 22.6 Å². The highest BCUT2D eigenvalue weighted by molar-refractivity contribution is 6.36. The molecule has 0 aliphatic rings. The van der Waals surface area contributed by atoms with Crippen molar-refractivity contribution >= 4 is 46.6 Å². The van der Waals surface area contributed by atoms with E-state index in [0.717, 1.165) is 0 Å². The fourth-order valence-electron chi connectivity index (χ4n) is 2.85. The van der Waals surface area contributed by atoms with Gasteiger partial charge in [-0.25, -0.2) is 0 Å². The van der Waals surface area contributed by atoms with Crippen molar-refractivity contribution in [2.45, 2.75) is 32.4 Å². The summed E-state index contributed by atoms with van der Waals surface area (Å²) in [6, 6.07) is 11.7. The third-order valence-electron chi connectivity index (χ3n) is 4.32. The van der Waals surface area contributed by atoms with Gasteiger partial charge in [-0.15, -0.1) is 0 Å². The summed E-state index contributed by atoms with van der Waals surface area (Å²) in [6.07, 6.45) is 0.533. The lowest BCUT2D eigenvalue weighted by Crippen LogP contribution is -2.48. The van der Waals surface area contributed by atoms with E-state index in [9.17, 15) is 9.59 Å². The third kappa shape index (κ3) is 5.38. The molecule has 0 aromatic heterocycles. The van der Waals surface area contributed by atoms with E-state index in [4.69, 9.17) is 34.8 Å². The van der Waals surface area contributed by atoms with E-state index in [1.165, 1.54) is 4.90 Å². The minimum absolute atomic E-state index is 0.0786. The Kier molecular flexibility index (Phi) is 7.96. The molecule has 7 heteroatoms. The molecule has 144 valence electrons. The van der Waals surface area contributed by atoms with Crippen molar-refractivity contribution in [1.29, 1.82) is 0 Å². The molecule has 4 nitrogen and oxygen atoms in total. The molecule has 1 atom stereocenters. The molecule has 0 spiro atoms. The summed E-state index contributed by atoms with van der Waals surface area (Å²) >= 11 is 18.8. The average Bonchev–Trinajstić information content (AvgIpc) is 2.65. The fourth-order valence-corrected chi connectivity index (χ4v) is 3.57. The first kappa shape index (κ1) is 21.5. The van der Waals surface area contributed by atoms with Crippen LogP contribution in [0.25, 0.3) is 0 Å². The minimum atomic E-state index is -0.641. The van der Waals surface area contributed by atoms with Crippen LogP contribution in [-0.4, -0.2) is 29.8 Å². The van der Waals surface area contributed by atoms with E-state index in [1.54, 1.807) is 43.4 Å². The molecule has 1 N–H and O–H groups in total. The first-order valence-electron chi connectivity index (χ1n) is 8.56. The van der Waals surface area contributed by atoms with Crippen LogP contribution in [0.1, 0.15) is 24.5 Å². The van der Waals surface area contributed by atoms with Gasteiger partial charge in [0.05, 0.1) is 6.42 Å². The van der Waals surface area contributed by atoms with Crippen LogP contribution in [0.4, 0.5) is 0 Å². The molecule has 0 aliphatic carbocycles. The summed E-state index contributed by atoms with van der Waals surface area (Å²) in [6.45, 7) is 1.98. The second-order valence-electron chi connectivity index (χ2n) is 6.03. The van der Waals surface area contributed by atoms with Gasteiger partial charge < -0.3 is 10.2 Å². The Morgan fingerprint density at radius 2 is 1.59 bits per heavy atom. The molecule has 2 rings (SSSR count). The van der Waals surface area contributed by atoms with Gasteiger partial charge in [-0.1, -0.05) is 66.0 Å². The number of benzene rings is 2. The molecular weight excluding hydrogens is 407 g/mol. The Labute approximate surface area is 174 Å². The molecule has 0 radical (unpaired) electrons. The van der Waals surface area contributed by atoms with Gasteiger partial charge in [-0.3, -0.25) is 9.59 Å². The Bertz CT molecular complexity index is 806. The quantitative estimate of drug-likeness (QED) is 0.693. The predicted octanol–water partition coefficient (Wildman–Crippen LogP) is 4.74. The summed E-state index contributed by atoms with van der Waals surface area (Å²) in [5.74, 6) is -0.470. The van der Waals surface area contributed by atoms with Gasteiger partial charge in [0.2, 0.25) is 11.8 Å². The zero-order valence-electron chi connectivity index (χ0n) is 15.1. The number of hydrogen-bond acceptors (Lipinski definition) is 2. The van der Waals surface area contributed by atoms with Crippen molar-refractivity contribution < 1.29 is 9.59 Å². The van der Waals surface area contributed by atoms with Crippen molar-refractivity contribution in [3.05, 3.63) is 68.7 Å². The first-order valence-corrected chi connectivity index (χ1v) is 9.69. The van der Waals surface area contributed by atoms with Gasteiger partial charge in [0.25, 0.3) is 0 Å². The lowest BCUT2D eigenvalue weighted by molar-refractivity contribution is -0.140. The van der Waals surface area contributed by atoms with Gasteiger partial charge in [-0.2, -0.15) is 0 Å². The highest BCUT2D eigenvalue weighted by atomic mass is 35.5. The van der Waals surface area contributed by atoms with E-state index in [0.29, 0.717) is 32.6 Å². The van der Waals surface area contributed by atoms with Gasteiger partial charge in [0.1, 0.15) is 6.04 Å². The number of nitrogens with one attached hydrogen (secondary N) is 1. The molecule has 0 fully saturated rings. The van der Waals surface area contributed by atoms with Crippen LogP contribution >= 0.6 is 34.8 Å². The van der Waals surface area contributed by atoms with Crippen LogP contribution in [0.5, 0.6) is 0 Å². The van der Waals surface area contributed by atoms with Crippen LogP contribution in [0.2, 0.25) is 15.1 Å². The Hall–Kier alpha value is -1.75. The highest BCUT2D eigenvalue weighted by Crippen LogP contribution is 2.27. The third-order valence-corrected chi connectivity index (χ3v) is 5.40. The van der Waals surface area contributed by atoms with Crippen molar-refractivity contribution in [2.24, 2.45) is 0 Å². The molecule has 2 aromatic carbocycles. The minimum Gasteiger partial charge on any atom is -0.357 e. The smallest absolute Gasteiger partial charge is 0.242 e. The molecule has 0 saturated carbocycles. The van der Waals surface area contributed by atoms with Gasteiger partial charge in [0, 0.05) is 34.2 Å². The second-order valence-corrected chi connectivity index (χ2v) is 7.25. The summed E-state index contributed by atoms with van der Waals surface area (Å²) in [4.78, 5) is 27.0. The topological polar surface area (TPSA) is 49.4 Å². The number of halogens is 3. The van der Waals surface area contributed by atoms with Crippen LogP contribution in [0.3, 0.4) is 0 Å². The largest absolute Gasteiger partial charge is 0.357 e. The van der Waals surface area contributed by atoms with Crippen molar-refractivity contribution in [1.82, 2.24) is 10.2 Å². The second kappa shape index (κ2) is 9.98. The van der Waals surface area contributed by atoms with E-state index in [-0.39, 0.29) is 24.8 Å². The molecule has 0 unspecified atom stereocenters. The van der Waals surface area contributed by atoms with Crippen molar-refractivity contribution in [2.75, 3.05) is 7.05 Å². The summed E-state index contributed by atoms with van der Waals surface area (Å²) in [5, 5.41) is 4.02. The zero-order chi connectivity index (χ0) is 20.0. The lowest BCUT2D eigenvalue weighted by Gasteiger charge is -2.31. The van der Waals surface area contributed by atoms with E-state index < -0.39 is 6.04 Å². The summed E-state index contributed by atoms with van der Waals surface area (Å²) < 4.78 is 0. The van der Waals surface area contributed by atoms with Crippen LogP contribution in [0, 0.1) is 0 Å². The SMILES string of the molecule is CC[C@@H](C(=O)NC)N(Cc1c(Cl)cccc1Cl)C(=O)Cc1ccccc1Cl. The van der Waals surface area contributed by atoms with Crippen LogP contribution in [0.15, 0.2) is 42.5 Å². The monoisotopic (exact) mass is 426 g/mol. The maximum Gasteiger partial charge on any atom is 0.242 e. The summed E-state index contributed by atoms with van der Waals surface area (Å²) in [7, 11) is 1.55. The number of carbonyl (C=O) groups excluding carboxylic acids is 2. The molecule has 2 amide bonds. The van der Waals surface area contributed by atoms with Crippen LogP contribution < -0.4 is 5.32 Å². The van der Waals surface area contributed by atoms with Crippen molar-refractivity contribution in [3.8, 4) is 0 Å². The predicted molar refractivity (Wildman–Crippen MR) is 110 cm³/mol. The van der Waals surface area contributed by atoms with E-state index in [1.807, 2.05) is 13.0 Å². The van der Waals surface area contributed by atoms with Gasteiger partial charge in [-0.05, 0) is 30.2 Å². The summed E-state index contributed by atoms with van der Waals surface area (Å²) in [5.41, 5.74) is 1.31. The Morgan fingerprint density at radius 1 is 1.00 bits per heavy atom. The number of likely N-dealkylation sites (N-methyl/N-ethyl adjacent to an activating group) is 1. The fraction of sp³-hybridized carbons (Fsp3) is 0.300. The molecule has 0 bridgehead atoms. The molecule has 0 saturated heterocycles. The molecule has 2 aromatic rings. The van der Waals surface area contributed by atoms with E-state index >= 15 is 0 Å². The molecule has 0 aliphatic heterocycles. The number of amides is 2. The number of rotatable bonds is 7. The maximum absolute atomic E-state index is 13.1. The van der Waals surface area contributed by atoms with Gasteiger partial charge in [0.15, 0.2) is 0 Å². The Morgan fingerprint density at radius 3 is 2.15 bits per heavy atom. The lowest BCUT2D eigenvalue weighted by atomic mass is 10.1. The zero-order valence-corrected chi connectivity index (χ0v) is 17.4. The van der Waals surface area contributed by atoms with E-state index in [2.05, 4.69) is 5.32 Å². The van der Waals surface area contributed by atoms with Crippen molar-refractivity contribution in [3.63, 3.8) is 0 Å². The molecule has 0 heterocycles.